The second-order valence-corrected chi connectivity index (χ2v) is 5.13. The smallest absolute Gasteiger partial charge is 0.354 e. The monoisotopic (exact) mass is 266 g/mol. The molecule has 5 heteroatoms. The van der Waals surface area contributed by atoms with E-state index >= 15 is 0 Å². The molecule has 0 aliphatic heterocycles. The van der Waals surface area contributed by atoms with Crippen molar-refractivity contribution in [2.45, 2.75) is 5.60 Å². The number of ether oxygens (including phenoxy) is 1. The van der Waals surface area contributed by atoms with Gasteiger partial charge in [-0.3, -0.25) is 0 Å². The molecule has 2 aromatic heterocycles. The first kappa shape index (κ1) is 12.0. The van der Waals surface area contributed by atoms with Crippen LogP contribution >= 0.6 is 22.7 Å². The van der Waals surface area contributed by atoms with Gasteiger partial charge in [0.15, 0.2) is 0 Å². The molecule has 2 heterocycles. The highest BCUT2D eigenvalue weighted by atomic mass is 32.1. The molecule has 2 rings (SSSR count). The molecule has 2 aromatic rings. The standard InChI is InChI=1S/C12H10O3S2/c1-2-15-11(13)12(14,9-5-3-7-16-9)10-6-4-8-17-10/h2-8,14H,1H2. The zero-order valence-electron chi connectivity index (χ0n) is 8.83. The first-order chi connectivity index (χ1) is 8.19. The van der Waals surface area contributed by atoms with Gasteiger partial charge in [0.25, 0.3) is 0 Å². The number of carbonyl (C=O) groups excluding carboxylic acids is 1. The molecule has 0 aromatic carbocycles. The number of hydrogen-bond donors (Lipinski definition) is 1. The number of esters is 1. The highest BCUT2D eigenvalue weighted by molar-refractivity contribution is 7.12. The van der Waals surface area contributed by atoms with E-state index in [0.29, 0.717) is 9.75 Å². The molecule has 0 saturated heterocycles. The Balaban J connectivity index is 2.50. The summed E-state index contributed by atoms with van der Waals surface area (Å²) in [7, 11) is 0. The zero-order valence-corrected chi connectivity index (χ0v) is 10.5. The van der Waals surface area contributed by atoms with E-state index in [1.54, 1.807) is 35.0 Å². The van der Waals surface area contributed by atoms with Gasteiger partial charge in [-0.25, -0.2) is 4.79 Å². The van der Waals surface area contributed by atoms with Crippen LogP contribution in [0.25, 0.3) is 0 Å². The van der Waals surface area contributed by atoms with E-state index in [-0.39, 0.29) is 0 Å². The predicted octanol–water partition coefficient (Wildman–Crippen LogP) is 2.73. The summed E-state index contributed by atoms with van der Waals surface area (Å²) < 4.78 is 4.74. The Morgan fingerprint density at radius 2 is 1.82 bits per heavy atom. The summed E-state index contributed by atoms with van der Waals surface area (Å²) in [4.78, 5) is 13.0. The van der Waals surface area contributed by atoms with E-state index in [0.717, 1.165) is 6.26 Å². The topological polar surface area (TPSA) is 46.5 Å². The van der Waals surface area contributed by atoms with Crippen molar-refractivity contribution in [3.8, 4) is 0 Å². The van der Waals surface area contributed by atoms with E-state index in [4.69, 9.17) is 4.74 Å². The molecule has 0 fully saturated rings. The normalized spacial score (nSPS) is 11.1. The minimum Gasteiger partial charge on any atom is -0.432 e. The molecule has 17 heavy (non-hydrogen) atoms. The van der Waals surface area contributed by atoms with Crippen LogP contribution in [0.4, 0.5) is 0 Å². The minimum atomic E-state index is -1.74. The van der Waals surface area contributed by atoms with Gasteiger partial charge in [-0.1, -0.05) is 18.7 Å². The summed E-state index contributed by atoms with van der Waals surface area (Å²) in [6.45, 7) is 3.33. The molecule has 0 aliphatic rings. The predicted molar refractivity (Wildman–Crippen MR) is 67.9 cm³/mol. The lowest BCUT2D eigenvalue weighted by Gasteiger charge is -2.22. The summed E-state index contributed by atoms with van der Waals surface area (Å²) in [5.41, 5.74) is -1.74. The number of thiophene rings is 2. The lowest BCUT2D eigenvalue weighted by Crippen LogP contribution is -2.36. The van der Waals surface area contributed by atoms with Crippen LogP contribution in [0.15, 0.2) is 47.9 Å². The van der Waals surface area contributed by atoms with Crippen LogP contribution in [0.3, 0.4) is 0 Å². The molecular formula is C12H10O3S2. The molecule has 3 nitrogen and oxygen atoms in total. The maximum atomic E-state index is 11.9. The summed E-state index contributed by atoms with van der Waals surface area (Å²) in [6, 6.07) is 6.96. The number of hydrogen-bond acceptors (Lipinski definition) is 5. The number of aliphatic hydroxyl groups is 1. The first-order valence-corrected chi connectivity index (χ1v) is 6.58. The van der Waals surface area contributed by atoms with Crippen molar-refractivity contribution >= 4 is 28.6 Å². The lowest BCUT2D eigenvalue weighted by molar-refractivity contribution is -0.155. The van der Waals surface area contributed by atoms with Crippen molar-refractivity contribution in [2.24, 2.45) is 0 Å². The Morgan fingerprint density at radius 1 is 1.29 bits per heavy atom. The average molecular weight is 266 g/mol. The van der Waals surface area contributed by atoms with Crippen LogP contribution in [0.2, 0.25) is 0 Å². The van der Waals surface area contributed by atoms with Gasteiger partial charge in [0.05, 0.1) is 16.0 Å². The van der Waals surface area contributed by atoms with Gasteiger partial charge < -0.3 is 9.84 Å². The second-order valence-electron chi connectivity index (χ2n) is 3.24. The lowest BCUT2D eigenvalue weighted by atomic mass is 10.0. The van der Waals surface area contributed by atoms with Crippen molar-refractivity contribution in [3.63, 3.8) is 0 Å². The summed E-state index contributed by atoms with van der Waals surface area (Å²) >= 11 is 2.61. The molecule has 0 saturated carbocycles. The van der Waals surface area contributed by atoms with E-state index < -0.39 is 11.6 Å². The van der Waals surface area contributed by atoms with Gasteiger partial charge >= 0.3 is 5.97 Å². The molecule has 88 valence electrons. The third-order valence-corrected chi connectivity index (χ3v) is 4.20. The maximum absolute atomic E-state index is 11.9. The first-order valence-electron chi connectivity index (χ1n) is 4.82. The van der Waals surface area contributed by atoms with Gasteiger partial charge in [-0.2, -0.15) is 0 Å². The number of carbonyl (C=O) groups is 1. The van der Waals surface area contributed by atoms with Gasteiger partial charge in [-0.05, 0) is 22.9 Å². The Hall–Kier alpha value is -1.43. The fourth-order valence-corrected chi connectivity index (χ4v) is 3.17. The van der Waals surface area contributed by atoms with Gasteiger partial charge in [0.2, 0.25) is 5.60 Å². The molecular weight excluding hydrogens is 256 g/mol. The fraction of sp³-hybridized carbons (Fsp3) is 0.0833. The summed E-state index contributed by atoms with van der Waals surface area (Å²) in [6.07, 6.45) is 1.02. The largest absolute Gasteiger partial charge is 0.432 e. The third kappa shape index (κ3) is 2.04. The second kappa shape index (κ2) is 4.83. The van der Waals surface area contributed by atoms with Gasteiger partial charge in [0, 0.05) is 0 Å². The minimum absolute atomic E-state index is 0.534. The Labute approximate surface area is 107 Å². The molecule has 0 bridgehead atoms. The van der Waals surface area contributed by atoms with Crippen molar-refractivity contribution in [1.82, 2.24) is 0 Å². The van der Waals surface area contributed by atoms with E-state index in [1.807, 2.05) is 0 Å². The number of rotatable bonds is 4. The summed E-state index contributed by atoms with van der Waals surface area (Å²) in [5.74, 6) is -0.739. The molecule has 0 atom stereocenters. The molecule has 0 unspecified atom stereocenters. The highest BCUT2D eigenvalue weighted by Crippen LogP contribution is 2.36. The van der Waals surface area contributed by atoms with Crippen LogP contribution in [-0.4, -0.2) is 11.1 Å². The van der Waals surface area contributed by atoms with Gasteiger partial charge in [0.1, 0.15) is 0 Å². The zero-order chi connectivity index (χ0) is 12.3. The van der Waals surface area contributed by atoms with Crippen LogP contribution in [-0.2, 0) is 15.1 Å². The van der Waals surface area contributed by atoms with Crippen molar-refractivity contribution in [3.05, 3.63) is 57.6 Å². The quantitative estimate of drug-likeness (QED) is 0.683. The van der Waals surface area contributed by atoms with Crippen LogP contribution in [0, 0.1) is 0 Å². The van der Waals surface area contributed by atoms with E-state index in [2.05, 4.69) is 6.58 Å². The van der Waals surface area contributed by atoms with Crippen LogP contribution in [0.1, 0.15) is 9.75 Å². The van der Waals surface area contributed by atoms with Crippen molar-refractivity contribution in [1.29, 1.82) is 0 Å². The maximum Gasteiger partial charge on any atom is 0.354 e. The third-order valence-electron chi connectivity index (χ3n) is 2.24. The Bertz CT molecular complexity index is 466. The molecule has 0 aliphatic carbocycles. The van der Waals surface area contributed by atoms with Crippen LogP contribution < -0.4 is 0 Å². The highest BCUT2D eigenvalue weighted by Gasteiger charge is 2.43. The molecule has 1 N–H and O–H groups in total. The molecule has 0 amide bonds. The fourth-order valence-electron chi connectivity index (χ4n) is 1.45. The van der Waals surface area contributed by atoms with E-state index in [9.17, 15) is 9.90 Å². The van der Waals surface area contributed by atoms with E-state index in [1.165, 1.54) is 22.7 Å². The Morgan fingerprint density at radius 3 is 2.18 bits per heavy atom. The van der Waals surface area contributed by atoms with Crippen LogP contribution in [0.5, 0.6) is 0 Å². The average Bonchev–Trinajstić information content (AvgIpc) is 3.01. The Kier molecular flexibility index (Phi) is 3.42. The molecule has 0 spiro atoms. The molecule has 0 radical (unpaired) electrons. The van der Waals surface area contributed by atoms with Gasteiger partial charge in [-0.15, -0.1) is 22.7 Å². The summed E-state index contributed by atoms with van der Waals surface area (Å²) in [5, 5.41) is 14.2. The van der Waals surface area contributed by atoms with Crippen molar-refractivity contribution in [2.75, 3.05) is 0 Å². The van der Waals surface area contributed by atoms with Crippen molar-refractivity contribution < 1.29 is 14.6 Å². The SMILES string of the molecule is C=COC(=O)C(O)(c1cccs1)c1cccs1.